The predicted octanol–water partition coefficient (Wildman–Crippen LogP) is 6.31. The number of carbonyl (C=O) groups is 1. The summed E-state index contributed by atoms with van der Waals surface area (Å²) in [6.45, 7) is 2.79. The quantitative estimate of drug-likeness (QED) is 0.143. The number of aromatic nitrogens is 1. The van der Waals surface area contributed by atoms with Crippen molar-refractivity contribution in [3.8, 4) is 0 Å². The normalized spacial score (nSPS) is 15.0. The molecule has 0 radical (unpaired) electrons. The second kappa shape index (κ2) is 8.89. The Balaban J connectivity index is 1.53. The van der Waals surface area contributed by atoms with E-state index in [0.717, 1.165) is 28.7 Å². The summed E-state index contributed by atoms with van der Waals surface area (Å²) in [5, 5.41) is 12.0. The van der Waals surface area contributed by atoms with Crippen molar-refractivity contribution in [3.63, 3.8) is 0 Å². The highest BCUT2D eigenvalue weighted by Gasteiger charge is 2.34. The molecule has 2 heterocycles. The van der Waals surface area contributed by atoms with Crippen molar-refractivity contribution in [2.45, 2.75) is 13.5 Å². The van der Waals surface area contributed by atoms with Crippen LogP contribution in [0.2, 0.25) is 0 Å². The summed E-state index contributed by atoms with van der Waals surface area (Å²) in [4.78, 5) is 25.7. The number of nitro benzene ring substituents is 1. The van der Waals surface area contributed by atoms with Crippen molar-refractivity contribution in [1.29, 1.82) is 0 Å². The van der Waals surface area contributed by atoms with E-state index in [9.17, 15) is 14.9 Å². The molecule has 1 aliphatic rings. The molecule has 3 aromatic carbocycles. The molecule has 4 aromatic rings. The van der Waals surface area contributed by atoms with E-state index in [2.05, 4.69) is 35.8 Å². The van der Waals surface area contributed by atoms with E-state index in [1.165, 1.54) is 34.4 Å². The molecule has 0 aliphatic carbocycles. The molecule has 1 amide bonds. The highest BCUT2D eigenvalue weighted by molar-refractivity contribution is 8.27. The van der Waals surface area contributed by atoms with Crippen molar-refractivity contribution in [1.82, 2.24) is 4.57 Å². The second-order valence-electron chi connectivity index (χ2n) is 7.88. The Hall–Kier alpha value is -3.75. The van der Waals surface area contributed by atoms with Crippen LogP contribution in [0.4, 0.5) is 11.4 Å². The van der Waals surface area contributed by atoms with E-state index >= 15 is 0 Å². The maximum absolute atomic E-state index is 13.3. The zero-order valence-corrected chi connectivity index (χ0v) is 19.8. The number of thiocarbonyl (C=S) groups is 1. The Bertz CT molecular complexity index is 1470. The first-order chi connectivity index (χ1) is 16.4. The lowest BCUT2D eigenvalue weighted by Crippen LogP contribution is -2.27. The Kier molecular flexibility index (Phi) is 5.77. The van der Waals surface area contributed by atoms with Crippen LogP contribution in [0.25, 0.3) is 17.0 Å². The van der Waals surface area contributed by atoms with Crippen LogP contribution in [0, 0.1) is 17.0 Å². The minimum atomic E-state index is -0.470. The highest BCUT2D eigenvalue weighted by atomic mass is 32.2. The third kappa shape index (κ3) is 3.91. The van der Waals surface area contributed by atoms with Gasteiger partial charge in [-0.2, -0.15) is 0 Å². The summed E-state index contributed by atoms with van der Waals surface area (Å²) in [6.07, 6.45) is 1.91. The average Bonchev–Trinajstić information content (AvgIpc) is 3.27. The molecule has 0 atom stereocenters. The van der Waals surface area contributed by atoms with E-state index in [1.54, 1.807) is 12.1 Å². The fraction of sp³-hybridized carbons (Fsp3) is 0.0769. The van der Waals surface area contributed by atoms with Crippen molar-refractivity contribution >= 4 is 62.6 Å². The number of anilines is 1. The van der Waals surface area contributed by atoms with Gasteiger partial charge in [-0.3, -0.25) is 19.8 Å². The number of thioether (sulfide) groups is 1. The molecule has 0 bridgehead atoms. The number of carbonyl (C=O) groups excluding carboxylic acids is 1. The average molecular weight is 486 g/mol. The largest absolute Gasteiger partial charge is 0.340 e. The minimum Gasteiger partial charge on any atom is -0.340 e. The fourth-order valence-electron chi connectivity index (χ4n) is 4.15. The van der Waals surface area contributed by atoms with Gasteiger partial charge in [0.1, 0.15) is 0 Å². The van der Waals surface area contributed by atoms with E-state index in [1.807, 2.05) is 36.4 Å². The molecule has 0 unspecified atom stereocenters. The zero-order chi connectivity index (χ0) is 23.8. The molecule has 0 N–H and O–H groups in total. The van der Waals surface area contributed by atoms with Crippen LogP contribution in [0.3, 0.4) is 0 Å². The second-order valence-corrected chi connectivity index (χ2v) is 9.55. The number of nitrogens with zero attached hydrogens (tertiary/aromatic N) is 3. The molecule has 0 spiro atoms. The molecule has 0 saturated carbocycles. The lowest BCUT2D eigenvalue weighted by Gasteiger charge is -2.13. The van der Waals surface area contributed by atoms with Crippen molar-refractivity contribution in [2.24, 2.45) is 0 Å². The molecule has 5 rings (SSSR count). The van der Waals surface area contributed by atoms with Gasteiger partial charge in [-0.25, -0.2) is 0 Å². The molecule has 1 saturated heterocycles. The number of benzene rings is 3. The van der Waals surface area contributed by atoms with Gasteiger partial charge in [0.2, 0.25) is 0 Å². The Morgan fingerprint density at radius 3 is 2.38 bits per heavy atom. The third-order valence-corrected chi connectivity index (χ3v) is 7.15. The van der Waals surface area contributed by atoms with Crippen LogP contribution in [0.5, 0.6) is 0 Å². The van der Waals surface area contributed by atoms with Crippen LogP contribution in [-0.2, 0) is 11.3 Å². The molecule has 168 valence electrons. The third-order valence-electron chi connectivity index (χ3n) is 5.85. The summed E-state index contributed by atoms with van der Waals surface area (Å²) in [7, 11) is 0. The maximum Gasteiger partial charge on any atom is 0.270 e. The topological polar surface area (TPSA) is 68.4 Å². The number of hydrogen-bond donors (Lipinski definition) is 0. The van der Waals surface area contributed by atoms with E-state index < -0.39 is 4.92 Å². The smallest absolute Gasteiger partial charge is 0.270 e. The first-order valence-electron chi connectivity index (χ1n) is 10.6. The van der Waals surface area contributed by atoms with E-state index in [4.69, 9.17) is 12.2 Å². The van der Waals surface area contributed by atoms with Crippen molar-refractivity contribution in [3.05, 3.63) is 111 Å². The summed E-state index contributed by atoms with van der Waals surface area (Å²) >= 11 is 6.72. The van der Waals surface area contributed by atoms with Gasteiger partial charge in [0.15, 0.2) is 4.32 Å². The van der Waals surface area contributed by atoms with Gasteiger partial charge in [-0.05, 0) is 36.8 Å². The Labute approximate surface area is 205 Å². The van der Waals surface area contributed by atoms with Crippen molar-refractivity contribution in [2.75, 3.05) is 4.90 Å². The van der Waals surface area contributed by atoms with E-state index in [-0.39, 0.29) is 11.6 Å². The van der Waals surface area contributed by atoms with Crippen LogP contribution < -0.4 is 4.90 Å². The standard InChI is InChI=1S/C26H19N3O3S2/c1-17-22(21-9-5-6-10-23(21)27(17)16-18-7-3-2-4-8-18)15-24-25(30)28(26(33)34-24)19-11-13-20(14-12-19)29(31)32/h2-15H,16H2,1H3/b24-15+. The number of non-ortho nitro benzene ring substituents is 1. The van der Waals surface area contributed by atoms with Gasteiger partial charge >= 0.3 is 0 Å². The SMILES string of the molecule is Cc1c(/C=C2/SC(=S)N(c3ccc([N+](=O)[O-])cc3)C2=O)c2ccccc2n1Cc1ccccc1. The Morgan fingerprint density at radius 1 is 1.00 bits per heavy atom. The first-order valence-corrected chi connectivity index (χ1v) is 11.8. The van der Waals surface area contributed by atoms with Crippen LogP contribution >= 0.6 is 24.0 Å². The molecule has 34 heavy (non-hydrogen) atoms. The first kappa shape index (κ1) is 22.1. The van der Waals surface area contributed by atoms with E-state index in [0.29, 0.717) is 14.9 Å². The minimum absolute atomic E-state index is 0.0356. The van der Waals surface area contributed by atoms with Gasteiger partial charge < -0.3 is 4.57 Å². The number of hydrogen-bond acceptors (Lipinski definition) is 5. The van der Waals surface area contributed by atoms with Gasteiger partial charge in [0, 0.05) is 40.8 Å². The number of nitro groups is 1. The predicted molar refractivity (Wildman–Crippen MR) is 141 cm³/mol. The van der Waals surface area contributed by atoms with Gasteiger partial charge in [0.05, 0.1) is 15.5 Å². The van der Waals surface area contributed by atoms with Crippen molar-refractivity contribution < 1.29 is 9.72 Å². The molecule has 1 aliphatic heterocycles. The summed E-state index contributed by atoms with van der Waals surface area (Å²) in [5.74, 6) is -0.233. The monoisotopic (exact) mass is 485 g/mol. The summed E-state index contributed by atoms with van der Waals surface area (Å²) < 4.78 is 2.66. The molecular formula is C26H19N3O3S2. The van der Waals surface area contributed by atoms with Gasteiger partial charge in [-0.15, -0.1) is 0 Å². The molecular weight excluding hydrogens is 466 g/mol. The fourth-order valence-corrected chi connectivity index (χ4v) is 5.44. The van der Waals surface area contributed by atoms with Gasteiger partial charge in [0.25, 0.3) is 11.6 Å². The van der Waals surface area contributed by atoms with Crippen LogP contribution in [0.1, 0.15) is 16.8 Å². The van der Waals surface area contributed by atoms with Gasteiger partial charge in [-0.1, -0.05) is 72.5 Å². The van der Waals surface area contributed by atoms with Crippen LogP contribution in [0.15, 0.2) is 83.8 Å². The lowest BCUT2D eigenvalue weighted by molar-refractivity contribution is -0.384. The number of rotatable bonds is 5. The van der Waals surface area contributed by atoms with Crippen LogP contribution in [-0.4, -0.2) is 19.7 Å². The number of fused-ring (bicyclic) bond motifs is 1. The Morgan fingerprint density at radius 2 is 1.68 bits per heavy atom. The maximum atomic E-state index is 13.3. The summed E-state index contributed by atoms with van der Waals surface area (Å²) in [5.41, 5.74) is 4.82. The zero-order valence-electron chi connectivity index (χ0n) is 18.2. The molecule has 6 nitrogen and oxygen atoms in total. The number of para-hydroxylation sites is 1. The number of amides is 1. The highest BCUT2D eigenvalue weighted by Crippen LogP contribution is 2.38. The lowest BCUT2D eigenvalue weighted by atomic mass is 10.1. The molecule has 1 aromatic heterocycles. The molecule has 1 fully saturated rings. The molecule has 8 heteroatoms. The summed E-state index contributed by atoms with van der Waals surface area (Å²) in [6, 6.07) is 24.3.